The minimum absolute atomic E-state index is 0.716. The van der Waals surface area contributed by atoms with Crippen LogP contribution < -0.4 is 0 Å². The lowest BCUT2D eigenvalue weighted by atomic mass is 9.93. The van der Waals surface area contributed by atoms with Gasteiger partial charge in [0, 0.05) is 24.0 Å². The molecule has 0 aliphatic rings. The van der Waals surface area contributed by atoms with Gasteiger partial charge >= 0.3 is 0 Å². The number of nitrogens with zero attached hydrogens (tertiary/aromatic N) is 2. The predicted octanol–water partition coefficient (Wildman–Crippen LogP) is 4.84. The maximum absolute atomic E-state index is 4.34. The Labute approximate surface area is 127 Å². The van der Waals surface area contributed by atoms with E-state index in [4.69, 9.17) is 0 Å². The zero-order valence-electron chi connectivity index (χ0n) is 11.7. The van der Waals surface area contributed by atoms with Gasteiger partial charge in [-0.1, -0.05) is 42.5 Å². The molecule has 1 aromatic heterocycles. The Bertz CT molecular complexity index is 1050. The fourth-order valence-corrected chi connectivity index (χ4v) is 3.23. The first-order valence-electron chi connectivity index (χ1n) is 7.27. The Morgan fingerprint density at radius 3 is 2.23 bits per heavy atom. The van der Waals surface area contributed by atoms with E-state index in [-0.39, 0.29) is 0 Å². The molecule has 0 amide bonds. The summed E-state index contributed by atoms with van der Waals surface area (Å²) in [4.78, 5) is 8.68. The Morgan fingerprint density at radius 2 is 1.41 bits per heavy atom. The van der Waals surface area contributed by atoms with Gasteiger partial charge in [-0.25, -0.2) is 9.97 Å². The normalized spacial score (nSPS) is 11.6. The van der Waals surface area contributed by atoms with Crippen molar-refractivity contribution in [2.24, 2.45) is 0 Å². The smallest absolute Gasteiger partial charge is 0.159 e. The number of hydrogen-bond donors (Lipinski definition) is 0. The van der Waals surface area contributed by atoms with Crippen LogP contribution in [-0.4, -0.2) is 9.97 Å². The van der Waals surface area contributed by atoms with Crippen molar-refractivity contribution in [3.05, 3.63) is 73.1 Å². The summed E-state index contributed by atoms with van der Waals surface area (Å²) < 4.78 is 0. The van der Waals surface area contributed by atoms with Gasteiger partial charge in [-0.2, -0.15) is 0 Å². The first kappa shape index (κ1) is 11.6. The van der Waals surface area contributed by atoms with E-state index in [1.165, 1.54) is 26.9 Å². The van der Waals surface area contributed by atoms with Crippen LogP contribution in [0.1, 0.15) is 0 Å². The molecule has 0 aliphatic carbocycles. The predicted molar refractivity (Wildman–Crippen MR) is 90.0 cm³/mol. The molecule has 1 radical (unpaired) electrons. The van der Waals surface area contributed by atoms with Crippen molar-refractivity contribution in [1.82, 2.24) is 9.97 Å². The van der Waals surface area contributed by atoms with Crippen LogP contribution in [0, 0.1) is 6.07 Å². The molecule has 0 aliphatic heterocycles. The van der Waals surface area contributed by atoms with E-state index in [1.54, 1.807) is 12.4 Å². The molecule has 101 valence electrons. The summed E-state index contributed by atoms with van der Waals surface area (Å²) in [5.74, 6) is 0.716. The van der Waals surface area contributed by atoms with E-state index in [9.17, 15) is 0 Å². The lowest BCUT2D eigenvalue weighted by Gasteiger charge is -2.11. The molecule has 0 saturated heterocycles. The fourth-order valence-electron chi connectivity index (χ4n) is 3.23. The van der Waals surface area contributed by atoms with Gasteiger partial charge < -0.3 is 0 Å². The Balaban J connectivity index is 1.95. The summed E-state index contributed by atoms with van der Waals surface area (Å²) >= 11 is 0. The molecule has 0 bridgehead atoms. The number of rotatable bonds is 1. The van der Waals surface area contributed by atoms with Crippen molar-refractivity contribution in [3.8, 4) is 11.4 Å². The largest absolute Gasteiger partial charge is 0.237 e. The maximum Gasteiger partial charge on any atom is 0.159 e. The highest BCUT2D eigenvalue weighted by molar-refractivity contribution is 6.23. The Morgan fingerprint density at radius 1 is 0.682 bits per heavy atom. The fraction of sp³-hybridized carbons (Fsp3) is 0. The molecular weight excluding hydrogens is 268 g/mol. The average Bonchev–Trinajstić information content (AvgIpc) is 2.60. The third-order valence-corrected chi connectivity index (χ3v) is 4.18. The Kier molecular flexibility index (Phi) is 2.25. The molecule has 22 heavy (non-hydrogen) atoms. The van der Waals surface area contributed by atoms with Crippen molar-refractivity contribution in [2.75, 3.05) is 0 Å². The van der Waals surface area contributed by atoms with Crippen LogP contribution in [0.2, 0.25) is 0 Å². The molecule has 0 spiro atoms. The molecule has 0 unspecified atom stereocenters. The van der Waals surface area contributed by atoms with Gasteiger partial charge in [-0.05, 0) is 44.5 Å². The van der Waals surface area contributed by atoms with E-state index < -0.39 is 0 Å². The quantitative estimate of drug-likeness (QED) is 0.410. The molecule has 0 saturated carbocycles. The van der Waals surface area contributed by atoms with Crippen LogP contribution in [0.4, 0.5) is 0 Å². The molecule has 1 heterocycles. The average molecular weight is 279 g/mol. The van der Waals surface area contributed by atoms with Crippen molar-refractivity contribution < 1.29 is 0 Å². The topological polar surface area (TPSA) is 25.8 Å². The molecule has 0 fully saturated rings. The number of aromatic nitrogens is 2. The molecule has 0 N–H and O–H groups in total. The Hall–Kier alpha value is -3.00. The zero-order chi connectivity index (χ0) is 14.5. The van der Waals surface area contributed by atoms with Gasteiger partial charge in [0.1, 0.15) is 0 Å². The van der Waals surface area contributed by atoms with E-state index in [1.807, 2.05) is 6.07 Å². The first-order chi connectivity index (χ1) is 10.9. The molecular formula is C20H11N2. The van der Waals surface area contributed by atoms with Crippen LogP contribution in [0.5, 0.6) is 0 Å². The van der Waals surface area contributed by atoms with Gasteiger partial charge in [-0.15, -0.1) is 0 Å². The highest BCUT2D eigenvalue weighted by Gasteiger charge is 2.10. The van der Waals surface area contributed by atoms with E-state index in [2.05, 4.69) is 64.6 Å². The summed E-state index contributed by atoms with van der Waals surface area (Å²) in [5.41, 5.74) is 0.937. The van der Waals surface area contributed by atoms with E-state index in [0.717, 1.165) is 10.9 Å². The lowest BCUT2D eigenvalue weighted by Crippen LogP contribution is -1.89. The van der Waals surface area contributed by atoms with Crippen LogP contribution in [0.3, 0.4) is 0 Å². The van der Waals surface area contributed by atoms with Crippen molar-refractivity contribution >= 4 is 32.3 Å². The van der Waals surface area contributed by atoms with Gasteiger partial charge in [0.15, 0.2) is 5.82 Å². The first-order valence-corrected chi connectivity index (χ1v) is 7.27. The standard InChI is InChI=1S/C20H11N2/c1-3-13-5-7-15-11-17(20-21-9-2-10-22-20)12-16-8-6-14(4-1)18(13)19(15)16/h1-11H. The monoisotopic (exact) mass is 279 g/mol. The summed E-state index contributed by atoms with van der Waals surface area (Å²) in [5, 5.41) is 7.45. The molecule has 2 nitrogen and oxygen atoms in total. The minimum Gasteiger partial charge on any atom is -0.237 e. The molecule has 0 atom stereocenters. The molecule has 5 rings (SSSR count). The second-order valence-corrected chi connectivity index (χ2v) is 5.48. The van der Waals surface area contributed by atoms with Crippen molar-refractivity contribution in [3.63, 3.8) is 0 Å². The highest BCUT2D eigenvalue weighted by Crippen LogP contribution is 2.36. The minimum atomic E-state index is 0.716. The third-order valence-electron chi connectivity index (χ3n) is 4.18. The summed E-state index contributed by atoms with van der Waals surface area (Å²) in [6.07, 6.45) is 3.53. The van der Waals surface area contributed by atoms with Crippen LogP contribution >= 0.6 is 0 Å². The zero-order valence-corrected chi connectivity index (χ0v) is 11.7. The van der Waals surface area contributed by atoms with Crippen LogP contribution in [0.15, 0.2) is 67.0 Å². The van der Waals surface area contributed by atoms with Gasteiger partial charge in [0.25, 0.3) is 0 Å². The van der Waals surface area contributed by atoms with Gasteiger partial charge in [0.2, 0.25) is 0 Å². The number of hydrogen-bond acceptors (Lipinski definition) is 2. The van der Waals surface area contributed by atoms with E-state index >= 15 is 0 Å². The second kappa shape index (κ2) is 4.25. The van der Waals surface area contributed by atoms with E-state index in [0.29, 0.717) is 5.82 Å². The summed E-state index contributed by atoms with van der Waals surface area (Å²) in [6.45, 7) is 0. The van der Waals surface area contributed by atoms with Crippen LogP contribution in [-0.2, 0) is 0 Å². The number of benzene rings is 4. The van der Waals surface area contributed by atoms with Crippen LogP contribution in [0.25, 0.3) is 43.7 Å². The van der Waals surface area contributed by atoms with Gasteiger partial charge in [0.05, 0.1) is 0 Å². The second-order valence-electron chi connectivity index (χ2n) is 5.48. The van der Waals surface area contributed by atoms with Gasteiger partial charge in [-0.3, -0.25) is 0 Å². The summed E-state index contributed by atoms with van der Waals surface area (Å²) in [6, 6.07) is 22.5. The lowest BCUT2D eigenvalue weighted by molar-refractivity contribution is 1.18. The molecule has 4 aromatic carbocycles. The summed E-state index contributed by atoms with van der Waals surface area (Å²) in [7, 11) is 0. The molecule has 2 heteroatoms. The SMILES string of the molecule is [c]1c(-c2ncccn2)cc2ccc3cccc4ccc1c2c43. The third kappa shape index (κ3) is 1.55. The highest BCUT2D eigenvalue weighted by atomic mass is 14.8. The molecule has 5 aromatic rings. The van der Waals surface area contributed by atoms with Crippen molar-refractivity contribution in [2.45, 2.75) is 0 Å². The maximum atomic E-state index is 4.34. The van der Waals surface area contributed by atoms with Crippen molar-refractivity contribution in [1.29, 1.82) is 0 Å².